The largest absolute Gasteiger partial charge is 0.322 e. The van der Waals surface area contributed by atoms with E-state index >= 15 is 0 Å². The summed E-state index contributed by atoms with van der Waals surface area (Å²) in [6, 6.07) is 9.71. The Morgan fingerprint density at radius 2 is 2.23 bits per heavy atom. The Labute approximate surface area is 138 Å². The van der Waals surface area contributed by atoms with Crippen LogP contribution in [0.1, 0.15) is 31.5 Å². The van der Waals surface area contributed by atoms with Crippen LogP contribution in [0, 0.1) is 0 Å². The molecule has 2 amide bonds. The number of carbonyl (C=O) groups excluding carboxylic acids is 1. The fourth-order valence-corrected chi connectivity index (χ4v) is 3.34. The number of hydrogen-bond acceptors (Lipinski definition) is 2. The molecule has 0 unspecified atom stereocenters. The number of amides is 2. The quantitative estimate of drug-likeness (QED) is 0.895. The van der Waals surface area contributed by atoms with E-state index in [4.69, 9.17) is 0 Å². The van der Waals surface area contributed by atoms with Crippen molar-refractivity contribution in [2.45, 2.75) is 32.4 Å². The van der Waals surface area contributed by atoms with Crippen LogP contribution in [0.5, 0.6) is 0 Å². The molecule has 1 aliphatic heterocycles. The van der Waals surface area contributed by atoms with Gasteiger partial charge in [0.05, 0.1) is 17.4 Å². The molecule has 0 saturated carbocycles. The summed E-state index contributed by atoms with van der Waals surface area (Å²) in [5, 5.41) is 7.31. The Bertz CT molecular complexity index is 670. The van der Waals surface area contributed by atoms with E-state index in [2.05, 4.69) is 33.3 Å². The number of anilines is 1. The molecule has 2 heterocycles. The van der Waals surface area contributed by atoms with Gasteiger partial charge in [-0.05, 0) is 53.9 Å². The van der Waals surface area contributed by atoms with Gasteiger partial charge in [0.25, 0.3) is 0 Å². The van der Waals surface area contributed by atoms with E-state index in [1.165, 1.54) is 0 Å². The van der Waals surface area contributed by atoms with Crippen LogP contribution in [0.3, 0.4) is 0 Å². The van der Waals surface area contributed by atoms with Crippen molar-refractivity contribution < 1.29 is 4.79 Å². The van der Waals surface area contributed by atoms with Crippen LogP contribution in [0.2, 0.25) is 0 Å². The molecular formula is C16H19BrN4O. The van der Waals surface area contributed by atoms with Gasteiger partial charge in [0.15, 0.2) is 0 Å². The number of hydrogen-bond donors (Lipinski definition) is 1. The Kier molecular flexibility index (Phi) is 4.47. The van der Waals surface area contributed by atoms with Crippen LogP contribution in [-0.4, -0.2) is 27.3 Å². The third-order valence-corrected chi connectivity index (χ3v) is 4.71. The van der Waals surface area contributed by atoms with Crippen molar-refractivity contribution in [3.8, 4) is 0 Å². The standard InChI is InChI=1S/C16H19BrN4O/c1-2-21-15(9-10-18-21)14-8-5-11-20(14)16(22)19-13-7-4-3-6-12(13)17/h3-4,6-7,9-10,14H,2,5,8,11H2,1H3,(H,19,22)/t14-/m0/s1. The summed E-state index contributed by atoms with van der Waals surface area (Å²) in [5.74, 6) is 0. The molecule has 1 aromatic carbocycles. The molecule has 1 fully saturated rings. The predicted octanol–water partition coefficient (Wildman–Crippen LogP) is 4.03. The van der Waals surface area contributed by atoms with E-state index in [0.717, 1.165) is 41.8 Å². The molecular weight excluding hydrogens is 344 g/mol. The summed E-state index contributed by atoms with van der Waals surface area (Å²) < 4.78 is 2.85. The van der Waals surface area contributed by atoms with Gasteiger partial charge >= 0.3 is 6.03 Å². The molecule has 1 N–H and O–H groups in total. The molecule has 1 aromatic heterocycles. The van der Waals surface area contributed by atoms with Gasteiger partial charge in [0.1, 0.15) is 0 Å². The molecule has 0 spiro atoms. The minimum absolute atomic E-state index is 0.0572. The van der Waals surface area contributed by atoms with Crippen molar-refractivity contribution in [3.63, 3.8) is 0 Å². The lowest BCUT2D eigenvalue weighted by atomic mass is 10.1. The second kappa shape index (κ2) is 6.52. The lowest BCUT2D eigenvalue weighted by Gasteiger charge is -2.25. The molecule has 0 bridgehead atoms. The monoisotopic (exact) mass is 362 g/mol. The minimum atomic E-state index is -0.0572. The van der Waals surface area contributed by atoms with Crippen molar-refractivity contribution in [2.75, 3.05) is 11.9 Å². The van der Waals surface area contributed by atoms with Crippen LogP contribution in [0.4, 0.5) is 10.5 Å². The van der Waals surface area contributed by atoms with Crippen LogP contribution in [0.25, 0.3) is 0 Å². The minimum Gasteiger partial charge on any atom is -0.316 e. The highest BCUT2D eigenvalue weighted by Gasteiger charge is 2.32. The number of aryl methyl sites for hydroxylation is 1. The van der Waals surface area contributed by atoms with Crippen LogP contribution in [0.15, 0.2) is 41.0 Å². The average Bonchev–Trinajstić information content (AvgIpc) is 3.17. The normalized spacial score (nSPS) is 17.7. The van der Waals surface area contributed by atoms with Gasteiger partial charge in [-0.1, -0.05) is 12.1 Å². The Hall–Kier alpha value is -1.82. The summed E-state index contributed by atoms with van der Waals surface area (Å²) >= 11 is 3.46. The zero-order valence-corrected chi connectivity index (χ0v) is 14.1. The summed E-state index contributed by atoms with van der Waals surface area (Å²) in [5.41, 5.74) is 1.91. The van der Waals surface area contributed by atoms with Gasteiger partial charge in [0.2, 0.25) is 0 Å². The predicted molar refractivity (Wildman–Crippen MR) is 89.7 cm³/mol. The second-order valence-electron chi connectivity index (χ2n) is 5.33. The maximum absolute atomic E-state index is 12.6. The first-order valence-electron chi connectivity index (χ1n) is 7.54. The molecule has 116 valence electrons. The summed E-state index contributed by atoms with van der Waals surface area (Å²) in [7, 11) is 0. The van der Waals surface area contributed by atoms with Crippen molar-refractivity contribution >= 4 is 27.6 Å². The summed E-state index contributed by atoms with van der Waals surface area (Å²) in [6.07, 6.45) is 3.80. The first kappa shape index (κ1) is 15.1. The van der Waals surface area contributed by atoms with E-state index in [1.807, 2.05) is 39.9 Å². The second-order valence-corrected chi connectivity index (χ2v) is 6.19. The number of carbonyl (C=O) groups is 1. The zero-order valence-electron chi connectivity index (χ0n) is 12.5. The van der Waals surface area contributed by atoms with Crippen molar-refractivity contribution in [1.29, 1.82) is 0 Å². The fraction of sp³-hybridized carbons (Fsp3) is 0.375. The van der Waals surface area contributed by atoms with E-state index in [-0.39, 0.29) is 12.1 Å². The number of urea groups is 1. The number of benzene rings is 1. The molecule has 3 rings (SSSR count). The molecule has 1 saturated heterocycles. The van der Waals surface area contributed by atoms with Gasteiger partial charge in [-0.15, -0.1) is 0 Å². The average molecular weight is 363 g/mol. The number of rotatable bonds is 3. The number of likely N-dealkylation sites (tertiary alicyclic amines) is 1. The number of para-hydroxylation sites is 1. The molecule has 22 heavy (non-hydrogen) atoms. The third kappa shape index (κ3) is 2.88. The van der Waals surface area contributed by atoms with Crippen molar-refractivity contribution in [2.24, 2.45) is 0 Å². The highest BCUT2D eigenvalue weighted by molar-refractivity contribution is 9.10. The smallest absolute Gasteiger partial charge is 0.316 e. The molecule has 5 nitrogen and oxygen atoms in total. The summed E-state index contributed by atoms with van der Waals surface area (Å²) in [6.45, 7) is 3.66. The SMILES string of the molecule is CCn1nccc1[C@@H]1CCCN1C(=O)Nc1ccccc1Br. The van der Waals surface area contributed by atoms with Gasteiger partial charge in [0, 0.05) is 23.8 Å². The van der Waals surface area contributed by atoms with Crippen LogP contribution < -0.4 is 5.32 Å². The summed E-state index contributed by atoms with van der Waals surface area (Å²) in [4.78, 5) is 14.5. The molecule has 0 aliphatic carbocycles. The van der Waals surface area contributed by atoms with Gasteiger partial charge in [-0.3, -0.25) is 4.68 Å². The molecule has 0 radical (unpaired) electrons. The molecule has 2 aromatic rings. The number of halogens is 1. The lowest BCUT2D eigenvalue weighted by molar-refractivity contribution is 0.204. The van der Waals surface area contributed by atoms with Gasteiger partial charge in [-0.2, -0.15) is 5.10 Å². The lowest BCUT2D eigenvalue weighted by Crippen LogP contribution is -2.35. The van der Waals surface area contributed by atoms with Gasteiger partial charge in [-0.25, -0.2) is 4.79 Å². The van der Waals surface area contributed by atoms with Gasteiger partial charge < -0.3 is 10.2 Å². The topological polar surface area (TPSA) is 50.2 Å². The maximum atomic E-state index is 12.6. The number of nitrogens with one attached hydrogen (secondary N) is 1. The van der Waals surface area contributed by atoms with Crippen LogP contribution in [-0.2, 0) is 6.54 Å². The maximum Gasteiger partial charge on any atom is 0.322 e. The first-order valence-corrected chi connectivity index (χ1v) is 8.34. The Balaban J connectivity index is 1.78. The number of nitrogens with zero attached hydrogens (tertiary/aromatic N) is 3. The van der Waals surface area contributed by atoms with Crippen molar-refractivity contribution in [3.05, 3.63) is 46.7 Å². The Morgan fingerprint density at radius 1 is 1.41 bits per heavy atom. The fourth-order valence-electron chi connectivity index (χ4n) is 2.96. The van der Waals surface area contributed by atoms with E-state index < -0.39 is 0 Å². The van der Waals surface area contributed by atoms with E-state index in [0.29, 0.717) is 0 Å². The first-order chi connectivity index (χ1) is 10.7. The van der Waals surface area contributed by atoms with E-state index in [9.17, 15) is 4.79 Å². The zero-order chi connectivity index (χ0) is 15.5. The van der Waals surface area contributed by atoms with Crippen LogP contribution >= 0.6 is 15.9 Å². The third-order valence-electron chi connectivity index (χ3n) is 4.02. The molecule has 1 aliphatic rings. The van der Waals surface area contributed by atoms with Crippen molar-refractivity contribution in [1.82, 2.24) is 14.7 Å². The van der Waals surface area contributed by atoms with E-state index in [1.54, 1.807) is 6.20 Å². The molecule has 1 atom stereocenters. The highest BCUT2D eigenvalue weighted by atomic mass is 79.9. The highest BCUT2D eigenvalue weighted by Crippen LogP contribution is 2.32. The Morgan fingerprint density at radius 3 is 3.00 bits per heavy atom. The molecule has 6 heteroatoms. The number of aromatic nitrogens is 2.